The van der Waals surface area contributed by atoms with Crippen LogP contribution in [0, 0.1) is 6.92 Å². The predicted octanol–water partition coefficient (Wildman–Crippen LogP) is 4.92. The SMILES string of the molecule is Cc1cc2c(c(-c3ccc(C4CCN(C(C)C)CC4)cc3)n1)C=C(CN1CCOCC1)C2. The van der Waals surface area contributed by atoms with Crippen molar-refractivity contribution in [3.63, 3.8) is 0 Å². The molecule has 2 aliphatic heterocycles. The van der Waals surface area contributed by atoms with E-state index < -0.39 is 0 Å². The van der Waals surface area contributed by atoms with E-state index in [0.717, 1.165) is 50.7 Å². The first-order valence-electron chi connectivity index (χ1n) is 12.4. The lowest BCUT2D eigenvalue weighted by Gasteiger charge is -2.34. The zero-order valence-electron chi connectivity index (χ0n) is 19.9. The van der Waals surface area contributed by atoms with Crippen LogP contribution in [0.2, 0.25) is 0 Å². The fraction of sp³-hybridized carbons (Fsp3) is 0.536. The first kappa shape index (κ1) is 21.8. The third kappa shape index (κ3) is 4.68. The minimum Gasteiger partial charge on any atom is -0.379 e. The molecule has 4 heteroatoms. The number of piperidine rings is 1. The van der Waals surface area contributed by atoms with Gasteiger partial charge < -0.3 is 9.64 Å². The van der Waals surface area contributed by atoms with Crippen LogP contribution in [-0.4, -0.2) is 66.8 Å². The third-order valence-electron chi connectivity index (χ3n) is 7.48. The van der Waals surface area contributed by atoms with Gasteiger partial charge in [-0.1, -0.05) is 35.9 Å². The molecule has 0 radical (unpaired) electrons. The summed E-state index contributed by atoms with van der Waals surface area (Å²) in [5, 5.41) is 0. The molecule has 4 nitrogen and oxygen atoms in total. The lowest BCUT2D eigenvalue weighted by atomic mass is 9.88. The number of benzene rings is 1. The van der Waals surface area contributed by atoms with Crippen molar-refractivity contribution in [2.24, 2.45) is 0 Å². The molecule has 0 amide bonds. The van der Waals surface area contributed by atoms with Crippen molar-refractivity contribution in [2.45, 2.75) is 52.0 Å². The Balaban J connectivity index is 1.33. The van der Waals surface area contributed by atoms with Gasteiger partial charge in [0.1, 0.15) is 0 Å². The van der Waals surface area contributed by atoms with Gasteiger partial charge in [0.25, 0.3) is 0 Å². The van der Waals surface area contributed by atoms with Crippen molar-refractivity contribution < 1.29 is 4.74 Å². The number of fused-ring (bicyclic) bond motifs is 1. The summed E-state index contributed by atoms with van der Waals surface area (Å²) in [5.41, 5.74) is 9.27. The Morgan fingerprint density at radius 2 is 1.75 bits per heavy atom. The van der Waals surface area contributed by atoms with Crippen molar-refractivity contribution >= 4 is 6.08 Å². The molecule has 0 saturated carbocycles. The van der Waals surface area contributed by atoms with Gasteiger partial charge in [-0.25, -0.2) is 0 Å². The summed E-state index contributed by atoms with van der Waals surface area (Å²) < 4.78 is 5.51. The van der Waals surface area contributed by atoms with Gasteiger partial charge in [0.15, 0.2) is 0 Å². The number of likely N-dealkylation sites (tertiary alicyclic amines) is 1. The van der Waals surface area contributed by atoms with Gasteiger partial charge in [0, 0.05) is 42.5 Å². The van der Waals surface area contributed by atoms with Crippen LogP contribution in [0.5, 0.6) is 0 Å². The predicted molar refractivity (Wildman–Crippen MR) is 132 cm³/mol. The molecular formula is C28H37N3O. The second-order valence-corrected chi connectivity index (χ2v) is 10.1. The zero-order chi connectivity index (χ0) is 22.1. The number of nitrogens with zero attached hydrogens (tertiary/aromatic N) is 3. The van der Waals surface area contributed by atoms with Gasteiger partial charge >= 0.3 is 0 Å². The Morgan fingerprint density at radius 3 is 2.44 bits per heavy atom. The molecule has 2 aromatic rings. The molecule has 32 heavy (non-hydrogen) atoms. The summed E-state index contributed by atoms with van der Waals surface area (Å²) in [5.74, 6) is 0.690. The van der Waals surface area contributed by atoms with Crippen molar-refractivity contribution in [3.05, 3.63) is 58.3 Å². The Bertz CT molecular complexity index is 965. The quantitative estimate of drug-likeness (QED) is 0.672. The Hall–Kier alpha value is -2.01. The van der Waals surface area contributed by atoms with E-state index in [2.05, 4.69) is 67.0 Å². The summed E-state index contributed by atoms with van der Waals surface area (Å²) in [6, 6.07) is 12.3. The number of ether oxygens (including phenoxy) is 1. The smallest absolute Gasteiger partial charge is 0.0780 e. The van der Waals surface area contributed by atoms with Crippen LogP contribution < -0.4 is 0 Å². The molecule has 1 aromatic carbocycles. The highest BCUT2D eigenvalue weighted by molar-refractivity contribution is 5.78. The van der Waals surface area contributed by atoms with Crippen LogP contribution in [-0.2, 0) is 11.2 Å². The van der Waals surface area contributed by atoms with E-state index in [1.807, 2.05) is 0 Å². The third-order valence-corrected chi connectivity index (χ3v) is 7.48. The Labute approximate surface area is 193 Å². The molecule has 0 spiro atoms. The van der Waals surface area contributed by atoms with Crippen molar-refractivity contribution in [1.29, 1.82) is 0 Å². The van der Waals surface area contributed by atoms with E-state index in [1.54, 1.807) is 0 Å². The molecular weight excluding hydrogens is 394 g/mol. The van der Waals surface area contributed by atoms with Crippen LogP contribution in [0.15, 0.2) is 35.9 Å². The number of hydrogen-bond donors (Lipinski definition) is 0. The van der Waals surface area contributed by atoms with Crippen molar-refractivity contribution in [2.75, 3.05) is 45.9 Å². The number of aromatic nitrogens is 1. The lowest BCUT2D eigenvalue weighted by molar-refractivity contribution is 0.0422. The molecule has 1 aliphatic carbocycles. The van der Waals surface area contributed by atoms with Gasteiger partial charge in [-0.15, -0.1) is 0 Å². The molecule has 0 atom stereocenters. The van der Waals surface area contributed by atoms with Crippen molar-refractivity contribution in [3.8, 4) is 11.3 Å². The maximum absolute atomic E-state index is 5.51. The molecule has 0 bridgehead atoms. The van der Waals surface area contributed by atoms with Crippen LogP contribution in [0.3, 0.4) is 0 Å². The lowest BCUT2D eigenvalue weighted by Crippen LogP contribution is -2.37. The summed E-state index contributed by atoms with van der Waals surface area (Å²) >= 11 is 0. The second kappa shape index (κ2) is 9.46. The molecule has 3 aliphatic rings. The van der Waals surface area contributed by atoms with E-state index in [9.17, 15) is 0 Å². The number of rotatable bonds is 5. The molecule has 2 saturated heterocycles. The Kier molecular flexibility index (Phi) is 6.45. The molecule has 5 rings (SSSR count). The van der Waals surface area contributed by atoms with Crippen LogP contribution in [0.25, 0.3) is 17.3 Å². The van der Waals surface area contributed by atoms with Gasteiger partial charge in [0.05, 0.1) is 18.9 Å². The van der Waals surface area contributed by atoms with E-state index in [0.29, 0.717) is 12.0 Å². The highest BCUT2D eigenvalue weighted by Crippen LogP contribution is 2.35. The molecule has 3 heterocycles. The monoisotopic (exact) mass is 431 g/mol. The Morgan fingerprint density at radius 1 is 1.03 bits per heavy atom. The van der Waals surface area contributed by atoms with Gasteiger partial charge in [0.2, 0.25) is 0 Å². The maximum atomic E-state index is 5.51. The fourth-order valence-electron chi connectivity index (χ4n) is 5.59. The molecule has 170 valence electrons. The average Bonchev–Trinajstić information content (AvgIpc) is 3.21. The standard InChI is InChI=1S/C28H37N3O/c1-20(2)31-10-8-24(9-11-31)23-4-6-25(7-5-23)28-27-18-22(17-26(27)16-21(3)29-28)19-30-12-14-32-15-13-30/h4-7,16,18,20,24H,8-15,17,19H2,1-3H3. The highest BCUT2D eigenvalue weighted by atomic mass is 16.5. The van der Waals surface area contributed by atoms with Crippen LogP contribution in [0.1, 0.15) is 55.0 Å². The number of aryl methyl sites for hydroxylation is 1. The molecule has 0 N–H and O–H groups in total. The number of pyridine rings is 1. The van der Waals surface area contributed by atoms with Crippen LogP contribution in [0.4, 0.5) is 0 Å². The van der Waals surface area contributed by atoms with Gasteiger partial charge in [-0.3, -0.25) is 9.88 Å². The largest absolute Gasteiger partial charge is 0.379 e. The number of hydrogen-bond acceptors (Lipinski definition) is 4. The van der Waals surface area contributed by atoms with Gasteiger partial charge in [-0.05, 0) is 76.2 Å². The fourth-order valence-corrected chi connectivity index (χ4v) is 5.59. The topological polar surface area (TPSA) is 28.6 Å². The maximum Gasteiger partial charge on any atom is 0.0780 e. The van der Waals surface area contributed by atoms with Gasteiger partial charge in [-0.2, -0.15) is 0 Å². The summed E-state index contributed by atoms with van der Waals surface area (Å²) in [4.78, 5) is 10.1. The minimum atomic E-state index is 0.661. The zero-order valence-corrected chi connectivity index (χ0v) is 19.9. The van der Waals surface area contributed by atoms with E-state index in [1.165, 1.54) is 53.8 Å². The average molecular weight is 432 g/mol. The van der Waals surface area contributed by atoms with E-state index in [-0.39, 0.29) is 0 Å². The summed E-state index contributed by atoms with van der Waals surface area (Å²) in [7, 11) is 0. The van der Waals surface area contributed by atoms with E-state index in [4.69, 9.17) is 9.72 Å². The van der Waals surface area contributed by atoms with Crippen LogP contribution >= 0.6 is 0 Å². The normalized spacial score (nSPS) is 20.6. The molecule has 0 unspecified atom stereocenters. The highest BCUT2D eigenvalue weighted by Gasteiger charge is 2.23. The summed E-state index contributed by atoms with van der Waals surface area (Å²) in [6.07, 6.45) is 5.99. The van der Waals surface area contributed by atoms with E-state index >= 15 is 0 Å². The minimum absolute atomic E-state index is 0.661. The summed E-state index contributed by atoms with van der Waals surface area (Å²) in [6.45, 7) is 14.0. The molecule has 2 fully saturated rings. The first-order chi connectivity index (χ1) is 15.6. The number of morpholine rings is 1. The second-order valence-electron chi connectivity index (χ2n) is 10.1. The molecule has 1 aromatic heterocycles. The van der Waals surface area contributed by atoms with Crippen molar-refractivity contribution in [1.82, 2.24) is 14.8 Å². The first-order valence-corrected chi connectivity index (χ1v) is 12.4.